The summed E-state index contributed by atoms with van der Waals surface area (Å²) in [6, 6.07) is 12.3. The fourth-order valence-corrected chi connectivity index (χ4v) is 4.22. The van der Waals surface area contributed by atoms with Gasteiger partial charge in [0, 0.05) is 5.56 Å². The van der Waals surface area contributed by atoms with Gasteiger partial charge in [-0.2, -0.15) is 4.99 Å². The number of hydrogen-bond donors (Lipinski definition) is 0. The maximum absolute atomic E-state index is 12.9. The first-order valence-electron chi connectivity index (χ1n) is 10.2. The number of thiazole rings is 1. The van der Waals surface area contributed by atoms with Crippen molar-refractivity contribution in [2.24, 2.45) is 4.99 Å². The largest absolute Gasteiger partial charge is 0.465 e. The molecule has 1 heterocycles. The third-order valence-electron chi connectivity index (χ3n) is 4.89. The minimum Gasteiger partial charge on any atom is -0.465 e. The zero-order chi connectivity index (χ0) is 23.5. The van der Waals surface area contributed by atoms with Crippen molar-refractivity contribution in [2.45, 2.75) is 39.7 Å². The molecule has 1 aromatic heterocycles. The fraction of sp³-hybridized carbons (Fsp3) is 0.333. The van der Waals surface area contributed by atoms with Gasteiger partial charge in [0.1, 0.15) is 6.54 Å². The molecule has 0 saturated heterocycles. The molecule has 0 radical (unpaired) electrons. The number of aromatic nitrogens is 1. The van der Waals surface area contributed by atoms with Crippen molar-refractivity contribution in [1.82, 2.24) is 4.57 Å². The van der Waals surface area contributed by atoms with E-state index in [0.29, 0.717) is 26.1 Å². The van der Waals surface area contributed by atoms with E-state index in [1.807, 2.05) is 12.1 Å². The van der Waals surface area contributed by atoms with Gasteiger partial charge >= 0.3 is 11.9 Å². The zero-order valence-electron chi connectivity index (χ0n) is 18.8. The van der Waals surface area contributed by atoms with Gasteiger partial charge in [0.2, 0.25) is 0 Å². The van der Waals surface area contributed by atoms with Gasteiger partial charge in [-0.25, -0.2) is 4.79 Å². The van der Waals surface area contributed by atoms with Crippen molar-refractivity contribution in [3.05, 3.63) is 64.0 Å². The Labute approximate surface area is 190 Å². The molecule has 32 heavy (non-hydrogen) atoms. The first-order chi connectivity index (χ1) is 15.1. The number of ether oxygens (including phenoxy) is 2. The first-order valence-corrected chi connectivity index (χ1v) is 11.0. The number of rotatable bonds is 5. The SMILES string of the molecule is CCOC(=O)Cn1c(=NC(=O)c2ccc(C(C)(C)C)cc2)sc2cc(C(=O)OC)ccc21. The van der Waals surface area contributed by atoms with E-state index in [0.717, 1.165) is 5.56 Å². The lowest BCUT2D eigenvalue weighted by molar-refractivity contribution is -0.143. The highest BCUT2D eigenvalue weighted by molar-refractivity contribution is 7.16. The molecule has 0 aliphatic carbocycles. The van der Waals surface area contributed by atoms with Gasteiger partial charge < -0.3 is 14.0 Å². The van der Waals surface area contributed by atoms with Crippen LogP contribution in [0.5, 0.6) is 0 Å². The van der Waals surface area contributed by atoms with Gasteiger partial charge in [0.25, 0.3) is 5.91 Å². The molecule has 8 heteroatoms. The number of amides is 1. The number of nitrogens with zero attached hydrogens (tertiary/aromatic N) is 2. The second-order valence-corrected chi connectivity index (χ2v) is 9.20. The van der Waals surface area contributed by atoms with Crippen molar-refractivity contribution in [3.63, 3.8) is 0 Å². The van der Waals surface area contributed by atoms with Crippen LogP contribution in [0.2, 0.25) is 0 Å². The summed E-state index contributed by atoms with van der Waals surface area (Å²) in [5, 5.41) is 0. The number of methoxy groups -OCH3 is 1. The fourth-order valence-electron chi connectivity index (χ4n) is 3.16. The van der Waals surface area contributed by atoms with Crippen LogP contribution in [0.1, 0.15) is 54.0 Å². The standard InChI is InChI=1S/C24H26N2O5S/c1-6-31-20(27)14-26-18-12-9-16(22(29)30-5)13-19(18)32-23(26)25-21(28)15-7-10-17(11-8-15)24(2,3)4/h7-13H,6,14H2,1-5H3. The van der Waals surface area contributed by atoms with Crippen LogP contribution in [0, 0.1) is 0 Å². The Kier molecular flexibility index (Phi) is 6.93. The molecule has 0 bridgehead atoms. The summed E-state index contributed by atoms with van der Waals surface area (Å²) in [5.41, 5.74) is 2.59. The van der Waals surface area contributed by atoms with Crippen molar-refractivity contribution in [3.8, 4) is 0 Å². The monoisotopic (exact) mass is 454 g/mol. The van der Waals surface area contributed by atoms with Gasteiger partial charge in [-0.05, 0) is 48.2 Å². The average Bonchev–Trinajstić information content (AvgIpc) is 3.08. The van der Waals surface area contributed by atoms with Crippen LogP contribution < -0.4 is 4.80 Å². The zero-order valence-corrected chi connectivity index (χ0v) is 19.6. The molecule has 0 spiro atoms. The average molecular weight is 455 g/mol. The van der Waals surface area contributed by atoms with E-state index in [-0.39, 0.29) is 18.6 Å². The summed E-state index contributed by atoms with van der Waals surface area (Å²) in [7, 11) is 1.31. The molecule has 168 valence electrons. The highest BCUT2D eigenvalue weighted by Gasteiger charge is 2.17. The molecule has 3 aromatic rings. The molecule has 0 aliphatic rings. The highest BCUT2D eigenvalue weighted by Crippen LogP contribution is 2.23. The third kappa shape index (κ3) is 5.13. The summed E-state index contributed by atoms with van der Waals surface area (Å²) >= 11 is 1.22. The molecule has 0 unspecified atom stereocenters. The maximum atomic E-state index is 12.9. The van der Waals surface area contributed by atoms with Crippen LogP contribution >= 0.6 is 11.3 Å². The number of benzene rings is 2. The Morgan fingerprint density at radius 2 is 1.69 bits per heavy atom. The molecule has 0 N–H and O–H groups in total. The predicted molar refractivity (Wildman–Crippen MR) is 123 cm³/mol. The third-order valence-corrected chi connectivity index (χ3v) is 5.93. The smallest absolute Gasteiger partial charge is 0.337 e. The molecule has 1 amide bonds. The summed E-state index contributed by atoms with van der Waals surface area (Å²) in [5.74, 6) is -1.32. The van der Waals surface area contributed by atoms with Crippen LogP contribution in [0.25, 0.3) is 10.2 Å². The molecule has 0 atom stereocenters. The van der Waals surface area contributed by atoms with E-state index >= 15 is 0 Å². The highest BCUT2D eigenvalue weighted by atomic mass is 32.1. The van der Waals surface area contributed by atoms with Gasteiger partial charge in [0.15, 0.2) is 4.80 Å². The lowest BCUT2D eigenvalue weighted by atomic mass is 9.87. The van der Waals surface area contributed by atoms with E-state index in [9.17, 15) is 14.4 Å². The van der Waals surface area contributed by atoms with Gasteiger partial charge in [-0.3, -0.25) is 9.59 Å². The molecule has 7 nitrogen and oxygen atoms in total. The van der Waals surface area contributed by atoms with E-state index in [1.165, 1.54) is 18.4 Å². The van der Waals surface area contributed by atoms with Crippen molar-refractivity contribution < 1.29 is 23.9 Å². The summed E-state index contributed by atoms with van der Waals surface area (Å²) < 4.78 is 12.2. The summed E-state index contributed by atoms with van der Waals surface area (Å²) in [4.78, 5) is 41.6. The van der Waals surface area contributed by atoms with Crippen LogP contribution in [0.4, 0.5) is 0 Å². The quantitative estimate of drug-likeness (QED) is 0.542. The molecule has 0 saturated carbocycles. The van der Waals surface area contributed by atoms with Gasteiger partial charge in [0.05, 0.1) is 29.5 Å². The Morgan fingerprint density at radius 1 is 1.03 bits per heavy atom. The normalized spacial score (nSPS) is 12.1. The Hall–Kier alpha value is -3.26. The molecule has 0 fully saturated rings. The number of esters is 2. The lowest BCUT2D eigenvalue weighted by Gasteiger charge is -2.18. The molecule has 3 rings (SSSR count). The van der Waals surface area contributed by atoms with Gasteiger partial charge in [-0.1, -0.05) is 44.2 Å². The second-order valence-electron chi connectivity index (χ2n) is 8.19. The Morgan fingerprint density at radius 3 is 2.28 bits per heavy atom. The second kappa shape index (κ2) is 9.48. The van der Waals surface area contributed by atoms with Crippen LogP contribution in [-0.2, 0) is 26.2 Å². The van der Waals surface area contributed by atoms with Crippen LogP contribution in [-0.4, -0.2) is 36.1 Å². The number of carbonyl (C=O) groups excluding carboxylic acids is 3. The molecular weight excluding hydrogens is 428 g/mol. The molecule has 0 aliphatic heterocycles. The first kappa shape index (κ1) is 23.4. The lowest BCUT2D eigenvalue weighted by Crippen LogP contribution is -2.23. The van der Waals surface area contributed by atoms with E-state index in [2.05, 4.69) is 25.8 Å². The van der Waals surface area contributed by atoms with E-state index in [4.69, 9.17) is 9.47 Å². The number of fused-ring (bicyclic) bond motifs is 1. The van der Waals surface area contributed by atoms with Crippen molar-refractivity contribution in [2.75, 3.05) is 13.7 Å². The minimum absolute atomic E-state index is 0.0236. The number of hydrogen-bond acceptors (Lipinski definition) is 6. The predicted octanol–water partition coefficient (Wildman–Crippen LogP) is 4.09. The topological polar surface area (TPSA) is 87.0 Å². The Bertz CT molecular complexity index is 1230. The van der Waals surface area contributed by atoms with Crippen LogP contribution in [0.15, 0.2) is 47.5 Å². The van der Waals surface area contributed by atoms with E-state index in [1.54, 1.807) is 41.8 Å². The summed E-state index contributed by atoms with van der Waals surface area (Å²) in [6.07, 6.45) is 0. The van der Waals surface area contributed by atoms with Crippen LogP contribution in [0.3, 0.4) is 0 Å². The van der Waals surface area contributed by atoms with Crippen molar-refractivity contribution in [1.29, 1.82) is 0 Å². The maximum Gasteiger partial charge on any atom is 0.337 e. The molecular formula is C24H26N2O5S. The summed E-state index contributed by atoms with van der Waals surface area (Å²) in [6.45, 7) is 8.19. The minimum atomic E-state index is -0.467. The molecule has 2 aromatic carbocycles. The number of carbonyl (C=O) groups is 3. The van der Waals surface area contributed by atoms with Crippen molar-refractivity contribution >= 4 is 39.4 Å². The van der Waals surface area contributed by atoms with Gasteiger partial charge in [-0.15, -0.1) is 0 Å². The Balaban J connectivity index is 2.07. The van der Waals surface area contributed by atoms with E-state index < -0.39 is 17.8 Å².